The topological polar surface area (TPSA) is 145 Å². The van der Waals surface area contributed by atoms with Gasteiger partial charge >= 0.3 is 5.69 Å². The van der Waals surface area contributed by atoms with Crippen molar-refractivity contribution in [3.8, 4) is 0 Å². The summed E-state index contributed by atoms with van der Waals surface area (Å²) in [5.74, 6) is -0.422. The number of imidazole rings is 1. The van der Waals surface area contributed by atoms with E-state index in [9.17, 15) is 28.1 Å². The normalized spacial score (nSPS) is 11.4. The maximum absolute atomic E-state index is 12.7. The summed E-state index contributed by atoms with van der Waals surface area (Å²) in [6.07, 6.45) is 0. The van der Waals surface area contributed by atoms with Crippen molar-refractivity contribution in [3.05, 3.63) is 92.4 Å². The summed E-state index contributed by atoms with van der Waals surface area (Å²) in [5, 5.41) is 13.9. The van der Waals surface area contributed by atoms with E-state index in [0.29, 0.717) is 16.8 Å². The molecule has 180 valence electrons. The van der Waals surface area contributed by atoms with E-state index in [1.165, 1.54) is 52.5 Å². The highest BCUT2D eigenvalue weighted by atomic mass is 32.2. The maximum atomic E-state index is 12.7. The Hall–Kier alpha value is -4.45. The molecule has 0 aliphatic carbocycles. The van der Waals surface area contributed by atoms with E-state index in [-0.39, 0.29) is 27.5 Å². The first kappa shape index (κ1) is 23.7. The molecular weight excluding hydrogens is 474 g/mol. The number of aryl methyl sites for hydroxylation is 3. The number of benzene rings is 3. The second-order valence-corrected chi connectivity index (χ2v) is 9.63. The molecule has 0 saturated heterocycles. The van der Waals surface area contributed by atoms with Crippen molar-refractivity contribution >= 4 is 44.0 Å². The van der Waals surface area contributed by atoms with Gasteiger partial charge in [0.1, 0.15) is 0 Å². The fourth-order valence-corrected chi connectivity index (χ4v) is 4.72. The Bertz CT molecular complexity index is 1650. The third-order valence-electron chi connectivity index (χ3n) is 5.62. The van der Waals surface area contributed by atoms with E-state index in [1.807, 2.05) is 0 Å². The molecule has 3 aromatic carbocycles. The fourth-order valence-electron chi connectivity index (χ4n) is 3.64. The first-order valence-electron chi connectivity index (χ1n) is 10.3. The Balaban J connectivity index is 1.51. The van der Waals surface area contributed by atoms with Crippen LogP contribution in [0.15, 0.2) is 70.4 Å². The number of carbonyl (C=O) groups excluding carboxylic acids is 1. The molecule has 0 spiro atoms. The molecule has 1 aromatic heterocycles. The van der Waals surface area contributed by atoms with Crippen molar-refractivity contribution in [2.45, 2.75) is 11.8 Å². The SMILES string of the molecule is Cc1ccc(S(=O)(=O)Nc2ccc(C(=O)Nc3ccc4c(c3)n(C)c(=O)n4C)cc2)cc1[N+](=O)[O-]. The van der Waals surface area contributed by atoms with Crippen molar-refractivity contribution < 1.29 is 18.1 Å². The van der Waals surface area contributed by atoms with Crippen molar-refractivity contribution in [2.24, 2.45) is 14.1 Å². The molecule has 0 bridgehead atoms. The highest BCUT2D eigenvalue weighted by Crippen LogP contribution is 2.24. The summed E-state index contributed by atoms with van der Waals surface area (Å²) in [6, 6.07) is 14.5. The smallest absolute Gasteiger partial charge is 0.322 e. The predicted molar refractivity (Wildman–Crippen MR) is 131 cm³/mol. The molecule has 1 amide bonds. The number of nitro groups is 1. The van der Waals surface area contributed by atoms with Gasteiger partial charge in [-0.05, 0) is 55.5 Å². The molecule has 0 radical (unpaired) electrons. The van der Waals surface area contributed by atoms with Crippen LogP contribution in [0.5, 0.6) is 0 Å². The van der Waals surface area contributed by atoms with Crippen molar-refractivity contribution in [1.82, 2.24) is 9.13 Å². The highest BCUT2D eigenvalue weighted by molar-refractivity contribution is 7.92. The van der Waals surface area contributed by atoms with E-state index in [2.05, 4.69) is 10.0 Å². The predicted octanol–water partition coefficient (Wildman–Crippen LogP) is 3.15. The van der Waals surface area contributed by atoms with Crippen molar-refractivity contribution in [3.63, 3.8) is 0 Å². The summed E-state index contributed by atoms with van der Waals surface area (Å²) in [7, 11) is -0.770. The average Bonchev–Trinajstić information content (AvgIpc) is 3.02. The van der Waals surface area contributed by atoms with Crippen LogP contribution in [0, 0.1) is 17.0 Å². The van der Waals surface area contributed by atoms with Gasteiger partial charge in [-0.15, -0.1) is 0 Å². The van der Waals surface area contributed by atoms with Crippen LogP contribution >= 0.6 is 0 Å². The Kier molecular flexibility index (Phi) is 5.91. The molecular formula is C23H21N5O6S. The zero-order chi connectivity index (χ0) is 25.5. The first-order chi connectivity index (χ1) is 16.5. The van der Waals surface area contributed by atoms with E-state index in [1.54, 1.807) is 32.3 Å². The minimum absolute atomic E-state index is 0.179. The Morgan fingerprint density at radius 2 is 1.54 bits per heavy atom. The monoisotopic (exact) mass is 495 g/mol. The Morgan fingerprint density at radius 1 is 0.914 bits per heavy atom. The number of amides is 1. The van der Waals surface area contributed by atoms with Crippen LogP contribution in [-0.4, -0.2) is 28.4 Å². The molecule has 2 N–H and O–H groups in total. The van der Waals surface area contributed by atoms with Gasteiger partial charge in [0.15, 0.2) is 0 Å². The number of nitro benzene ring substituents is 1. The van der Waals surface area contributed by atoms with Gasteiger partial charge in [-0.3, -0.25) is 28.8 Å². The number of hydrogen-bond acceptors (Lipinski definition) is 6. The quantitative estimate of drug-likeness (QED) is 0.310. The van der Waals surface area contributed by atoms with Gasteiger partial charge in [0.05, 0.1) is 20.9 Å². The number of anilines is 2. The van der Waals surface area contributed by atoms with Gasteiger partial charge in [-0.25, -0.2) is 13.2 Å². The third-order valence-corrected chi connectivity index (χ3v) is 7.00. The second kappa shape index (κ2) is 8.72. The maximum Gasteiger partial charge on any atom is 0.328 e. The molecule has 0 saturated carbocycles. The van der Waals surface area contributed by atoms with Crippen molar-refractivity contribution in [1.29, 1.82) is 0 Å². The van der Waals surface area contributed by atoms with Crippen LogP contribution in [0.2, 0.25) is 0 Å². The van der Waals surface area contributed by atoms with Gasteiger partial charge in [-0.1, -0.05) is 6.07 Å². The lowest BCUT2D eigenvalue weighted by molar-refractivity contribution is -0.385. The zero-order valence-corrected chi connectivity index (χ0v) is 19.8. The lowest BCUT2D eigenvalue weighted by atomic mass is 10.2. The lowest BCUT2D eigenvalue weighted by Crippen LogP contribution is -2.19. The molecule has 4 aromatic rings. The van der Waals surface area contributed by atoms with Crippen LogP contribution in [0.25, 0.3) is 11.0 Å². The van der Waals surface area contributed by atoms with Gasteiger partial charge in [0.25, 0.3) is 21.6 Å². The van der Waals surface area contributed by atoms with Crippen LogP contribution in [0.4, 0.5) is 17.1 Å². The number of hydrogen-bond donors (Lipinski definition) is 2. The third kappa shape index (κ3) is 4.51. The van der Waals surface area contributed by atoms with E-state index in [0.717, 1.165) is 11.6 Å². The zero-order valence-electron chi connectivity index (χ0n) is 19.0. The molecule has 0 fully saturated rings. The number of nitrogens with zero attached hydrogens (tertiary/aromatic N) is 3. The largest absolute Gasteiger partial charge is 0.328 e. The number of nitrogens with one attached hydrogen (secondary N) is 2. The minimum atomic E-state index is -4.08. The molecule has 1 heterocycles. The first-order valence-corrected chi connectivity index (χ1v) is 11.8. The summed E-state index contributed by atoms with van der Waals surface area (Å²) < 4.78 is 30.7. The summed E-state index contributed by atoms with van der Waals surface area (Å²) in [6.45, 7) is 1.52. The summed E-state index contributed by atoms with van der Waals surface area (Å²) in [5.41, 5.74) is 2.22. The number of rotatable bonds is 6. The van der Waals surface area contributed by atoms with Gasteiger partial charge in [-0.2, -0.15) is 0 Å². The minimum Gasteiger partial charge on any atom is -0.322 e. The second-order valence-electron chi connectivity index (χ2n) is 7.95. The molecule has 0 aliphatic heterocycles. The number of carbonyl (C=O) groups is 1. The lowest BCUT2D eigenvalue weighted by Gasteiger charge is -2.10. The molecule has 35 heavy (non-hydrogen) atoms. The molecule has 0 atom stereocenters. The van der Waals surface area contributed by atoms with E-state index >= 15 is 0 Å². The van der Waals surface area contributed by atoms with Crippen LogP contribution in [0.3, 0.4) is 0 Å². The van der Waals surface area contributed by atoms with Gasteiger partial charge in [0.2, 0.25) is 0 Å². The summed E-state index contributed by atoms with van der Waals surface area (Å²) >= 11 is 0. The van der Waals surface area contributed by atoms with E-state index < -0.39 is 20.9 Å². The van der Waals surface area contributed by atoms with Crippen LogP contribution in [-0.2, 0) is 24.1 Å². The standard InChI is InChI=1S/C23H21N5O6S/c1-14-4-10-18(13-20(14)28(31)32)35(33,34)25-16-7-5-15(6-8-16)22(29)24-17-9-11-19-21(12-17)27(3)23(30)26(19)2/h4-13,25H,1-3H3,(H,24,29). The number of sulfonamides is 1. The highest BCUT2D eigenvalue weighted by Gasteiger charge is 2.20. The van der Waals surface area contributed by atoms with Gasteiger partial charge in [0, 0.05) is 42.7 Å². The Morgan fingerprint density at radius 3 is 2.20 bits per heavy atom. The average molecular weight is 496 g/mol. The van der Waals surface area contributed by atoms with Crippen LogP contribution in [0.1, 0.15) is 15.9 Å². The Labute approximate surface area is 199 Å². The van der Waals surface area contributed by atoms with E-state index in [4.69, 9.17) is 0 Å². The van der Waals surface area contributed by atoms with Gasteiger partial charge < -0.3 is 5.32 Å². The fraction of sp³-hybridized carbons (Fsp3) is 0.130. The van der Waals surface area contributed by atoms with Crippen molar-refractivity contribution in [2.75, 3.05) is 10.0 Å². The number of aromatic nitrogens is 2. The molecule has 11 nitrogen and oxygen atoms in total. The number of fused-ring (bicyclic) bond motifs is 1. The molecule has 4 rings (SSSR count). The molecule has 0 aliphatic rings. The molecule has 0 unspecified atom stereocenters. The summed E-state index contributed by atoms with van der Waals surface area (Å²) in [4.78, 5) is 35.0. The van der Waals surface area contributed by atoms with Crippen LogP contribution < -0.4 is 15.7 Å². The molecule has 12 heteroatoms.